The van der Waals surface area contributed by atoms with Crippen LogP contribution in [0.5, 0.6) is 0 Å². The van der Waals surface area contributed by atoms with Crippen molar-refractivity contribution in [2.45, 2.75) is 33.1 Å². The molecule has 0 amide bonds. The first-order valence-electron chi connectivity index (χ1n) is 6.74. The second-order valence-corrected chi connectivity index (χ2v) is 5.78. The fourth-order valence-corrected chi connectivity index (χ4v) is 2.46. The summed E-state index contributed by atoms with van der Waals surface area (Å²) in [5.41, 5.74) is 3.27. The third-order valence-corrected chi connectivity index (χ3v) is 3.94. The maximum absolute atomic E-state index is 11.9. The maximum atomic E-state index is 11.9. The lowest BCUT2D eigenvalue weighted by Crippen LogP contribution is -2.51. The second-order valence-electron chi connectivity index (χ2n) is 5.78. The van der Waals surface area contributed by atoms with E-state index in [0.29, 0.717) is 25.6 Å². The molecule has 0 aromatic heterocycles. The zero-order chi connectivity index (χ0) is 14.0. The van der Waals surface area contributed by atoms with Crippen molar-refractivity contribution in [3.05, 3.63) is 34.9 Å². The van der Waals surface area contributed by atoms with E-state index in [4.69, 9.17) is 9.47 Å². The molecule has 0 N–H and O–H groups in total. The number of hydrogen-bond acceptors (Lipinski definition) is 3. The Hall–Kier alpha value is -1.35. The van der Waals surface area contributed by atoms with Crippen LogP contribution in [0.1, 0.15) is 36.5 Å². The number of carbonyl (C=O) groups is 1. The lowest BCUT2D eigenvalue weighted by molar-refractivity contribution is -0.182. The van der Waals surface area contributed by atoms with Crippen molar-refractivity contribution in [1.82, 2.24) is 0 Å². The van der Waals surface area contributed by atoms with E-state index in [1.165, 1.54) is 23.8 Å². The van der Waals surface area contributed by atoms with Gasteiger partial charge >= 0.3 is 5.97 Å². The molecule has 0 atom stereocenters. The van der Waals surface area contributed by atoms with E-state index in [1.54, 1.807) is 0 Å². The third-order valence-electron chi connectivity index (χ3n) is 3.94. The van der Waals surface area contributed by atoms with Crippen molar-refractivity contribution in [2.24, 2.45) is 5.41 Å². The van der Waals surface area contributed by atoms with E-state index >= 15 is 0 Å². The predicted octanol–water partition coefficient (Wildman–Crippen LogP) is 2.85. The molecule has 1 aromatic carbocycles. The third kappa shape index (κ3) is 2.66. The van der Waals surface area contributed by atoms with Gasteiger partial charge in [0.1, 0.15) is 5.41 Å². The number of esters is 1. The van der Waals surface area contributed by atoms with Crippen molar-refractivity contribution >= 4 is 5.97 Å². The topological polar surface area (TPSA) is 35.5 Å². The minimum Gasteiger partial charge on any atom is -0.468 e. The largest absolute Gasteiger partial charge is 0.468 e. The molecule has 1 aromatic rings. The van der Waals surface area contributed by atoms with Gasteiger partial charge in [0.05, 0.1) is 20.3 Å². The molecule has 1 heterocycles. The van der Waals surface area contributed by atoms with E-state index in [1.807, 2.05) is 0 Å². The Kier molecular flexibility index (Phi) is 3.95. The average molecular weight is 262 g/mol. The molecule has 3 heteroatoms. The smallest absolute Gasteiger partial charge is 0.316 e. The van der Waals surface area contributed by atoms with Crippen LogP contribution in [0.25, 0.3) is 0 Å². The highest BCUT2D eigenvalue weighted by Crippen LogP contribution is 2.34. The Morgan fingerprint density at radius 1 is 1.42 bits per heavy atom. The molecule has 1 aliphatic heterocycles. The Bertz CT molecular complexity index is 473. The summed E-state index contributed by atoms with van der Waals surface area (Å²) in [6.45, 7) is 7.37. The zero-order valence-electron chi connectivity index (χ0n) is 12.2. The van der Waals surface area contributed by atoms with Gasteiger partial charge in [0.2, 0.25) is 0 Å². The number of methoxy groups -OCH3 is 1. The van der Waals surface area contributed by atoms with Gasteiger partial charge in [-0.05, 0) is 36.0 Å². The van der Waals surface area contributed by atoms with Crippen molar-refractivity contribution in [2.75, 3.05) is 20.3 Å². The molecule has 3 nitrogen and oxygen atoms in total. The number of carbonyl (C=O) groups excluding carboxylic acids is 1. The van der Waals surface area contributed by atoms with Gasteiger partial charge in [0.25, 0.3) is 0 Å². The number of hydrogen-bond donors (Lipinski definition) is 0. The molecule has 0 spiro atoms. The minimum absolute atomic E-state index is 0.159. The molecule has 1 fully saturated rings. The van der Waals surface area contributed by atoms with Crippen molar-refractivity contribution in [3.8, 4) is 0 Å². The van der Waals surface area contributed by atoms with E-state index in [2.05, 4.69) is 39.0 Å². The molecule has 0 aliphatic carbocycles. The first-order chi connectivity index (χ1) is 8.98. The van der Waals surface area contributed by atoms with E-state index in [-0.39, 0.29) is 5.97 Å². The monoisotopic (exact) mass is 262 g/mol. The first-order valence-corrected chi connectivity index (χ1v) is 6.74. The highest BCUT2D eigenvalue weighted by molar-refractivity contribution is 5.78. The summed E-state index contributed by atoms with van der Waals surface area (Å²) in [5.74, 6) is 0.333. The average Bonchev–Trinajstić information content (AvgIpc) is 2.34. The summed E-state index contributed by atoms with van der Waals surface area (Å²) < 4.78 is 10.2. The molecule has 0 saturated carbocycles. The zero-order valence-corrected chi connectivity index (χ0v) is 12.2. The van der Waals surface area contributed by atoms with Crippen LogP contribution < -0.4 is 0 Å². The fraction of sp³-hybridized carbons (Fsp3) is 0.562. The molecule has 0 unspecified atom stereocenters. The van der Waals surface area contributed by atoms with Crippen molar-refractivity contribution in [3.63, 3.8) is 0 Å². The molecule has 1 saturated heterocycles. The van der Waals surface area contributed by atoms with Gasteiger partial charge in [0, 0.05) is 0 Å². The molecule has 19 heavy (non-hydrogen) atoms. The number of ether oxygens (including phenoxy) is 2. The number of aryl methyl sites for hydroxylation is 1. The first kappa shape index (κ1) is 14.1. The number of benzene rings is 1. The summed E-state index contributed by atoms with van der Waals surface area (Å²) in [6.07, 6.45) is 0.700. The SMILES string of the molecule is COC(=O)C1(Cc2cc(C(C)C)ccc2C)COC1. The van der Waals surface area contributed by atoms with Crippen molar-refractivity contribution < 1.29 is 14.3 Å². The summed E-state index contributed by atoms with van der Waals surface area (Å²) >= 11 is 0. The van der Waals surface area contributed by atoms with Crippen LogP contribution in [0.3, 0.4) is 0 Å². The van der Waals surface area contributed by atoms with Gasteiger partial charge in [-0.25, -0.2) is 0 Å². The molecular formula is C16H22O3. The van der Waals surface area contributed by atoms with Crippen molar-refractivity contribution in [1.29, 1.82) is 0 Å². The Morgan fingerprint density at radius 2 is 2.11 bits per heavy atom. The molecule has 1 aliphatic rings. The van der Waals surface area contributed by atoms with E-state index in [9.17, 15) is 4.79 Å². The standard InChI is InChI=1S/C16H22O3/c1-11(2)13-6-5-12(3)14(7-13)8-16(9-19-10-16)15(17)18-4/h5-7,11H,8-10H2,1-4H3. The Labute approximate surface area is 114 Å². The molecule has 2 rings (SSSR count). The van der Waals surface area contributed by atoms with E-state index < -0.39 is 5.41 Å². The van der Waals surface area contributed by atoms with Crippen LogP contribution >= 0.6 is 0 Å². The fourth-order valence-electron chi connectivity index (χ4n) is 2.46. The van der Waals surface area contributed by atoms with Gasteiger partial charge in [-0.15, -0.1) is 0 Å². The molecule has 0 radical (unpaired) electrons. The summed E-state index contributed by atoms with van der Waals surface area (Å²) in [4.78, 5) is 11.9. The molecule has 104 valence electrons. The van der Waals surface area contributed by atoms with Crippen LogP contribution in [0, 0.1) is 12.3 Å². The van der Waals surface area contributed by atoms with Gasteiger partial charge < -0.3 is 9.47 Å². The maximum Gasteiger partial charge on any atom is 0.316 e. The molecular weight excluding hydrogens is 240 g/mol. The van der Waals surface area contributed by atoms with E-state index in [0.717, 1.165) is 0 Å². The highest BCUT2D eigenvalue weighted by atomic mass is 16.5. The van der Waals surface area contributed by atoms with Gasteiger partial charge in [-0.2, -0.15) is 0 Å². The van der Waals surface area contributed by atoms with Gasteiger partial charge in [0.15, 0.2) is 0 Å². The summed E-state index contributed by atoms with van der Waals surface area (Å²) in [5, 5.41) is 0. The van der Waals surface area contributed by atoms with Crippen LogP contribution in [0.2, 0.25) is 0 Å². The Balaban J connectivity index is 2.27. The van der Waals surface area contributed by atoms with Gasteiger partial charge in [-0.3, -0.25) is 4.79 Å². The van der Waals surface area contributed by atoms with Crippen LogP contribution in [-0.2, 0) is 20.7 Å². The van der Waals surface area contributed by atoms with Crippen LogP contribution in [0.4, 0.5) is 0 Å². The van der Waals surface area contributed by atoms with Crippen LogP contribution in [0.15, 0.2) is 18.2 Å². The highest BCUT2D eigenvalue weighted by Gasteiger charge is 2.47. The summed E-state index contributed by atoms with van der Waals surface area (Å²) in [6, 6.07) is 6.50. The quantitative estimate of drug-likeness (QED) is 0.783. The number of rotatable bonds is 4. The lowest BCUT2D eigenvalue weighted by atomic mass is 9.78. The predicted molar refractivity (Wildman–Crippen MR) is 74.2 cm³/mol. The lowest BCUT2D eigenvalue weighted by Gasteiger charge is -2.39. The second kappa shape index (κ2) is 5.33. The normalized spacial score (nSPS) is 17.1. The van der Waals surface area contributed by atoms with Gasteiger partial charge in [-0.1, -0.05) is 32.0 Å². The minimum atomic E-state index is -0.477. The summed E-state index contributed by atoms with van der Waals surface area (Å²) in [7, 11) is 1.44. The van der Waals surface area contributed by atoms with Crippen LogP contribution in [-0.4, -0.2) is 26.3 Å². The molecule has 0 bridgehead atoms. The Morgan fingerprint density at radius 3 is 2.58 bits per heavy atom.